The minimum atomic E-state index is -0.299. The fraction of sp³-hybridized carbons (Fsp3) is 0.321. The van der Waals surface area contributed by atoms with Crippen LogP contribution in [0, 0.1) is 0 Å². The fourth-order valence-electron chi connectivity index (χ4n) is 4.42. The zero-order valence-electron chi connectivity index (χ0n) is 20.2. The van der Waals surface area contributed by atoms with Crippen molar-refractivity contribution in [3.63, 3.8) is 0 Å². The van der Waals surface area contributed by atoms with E-state index in [9.17, 15) is 4.79 Å². The molecule has 1 aliphatic heterocycles. The second-order valence-corrected chi connectivity index (χ2v) is 8.18. The summed E-state index contributed by atoms with van der Waals surface area (Å²) in [5.41, 5.74) is 3.90. The van der Waals surface area contributed by atoms with E-state index in [1.807, 2.05) is 41.3 Å². The van der Waals surface area contributed by atoms with Gasteiger partial charge in [0.05, 0.1) is 32.9 Å². The predicted octanol–water partition coefficient (Wildman–Crippen LogP) is 5.09. The maximum absolute atomic E-state index is 13.7. The molecule has 4 rings (SSSR count). The molecule has 0 bridgehead atoms. The molecule has 34 heavy (non-hydrogen) atoms. The number of carbonyl (C=O) groups is 1. The van der Waals surface area contributed by atoms with Crippen LogP contribution in [0.2, 0.25) is 0 Å². The number of methoxy groups -OCH3 is 3. The molecule has 1 atom stereocenters. The molecule has 0 aromatic heterocycles. The Balaban J connectivity index is 1.70. The first-order chi connectivity index (χ1) is 16.6. The Bertz CT molecular complexity index is 1140. The highest BCUT2D eigenvalue weighted by molar-refractivity contribution is 5.97. The number of benzene rings is 3. The molecule has 0 saturated heterocycles. The van der Waals surface area contributed by atoms with E-state index in [2.05, 4.69) is 19.1 Å². The second-order valence-electron chi connectivity index (χ2n) is 8.18. The summed E-state index contributed by atoms with van der Waals surface area (Å²) in [6.45, 7) is 2.99. The van der Waals surface area contributed by atoms with E-state index in [0.717, 1.165) is 23.3 Å². The van der Waals surface area contributed by atoms with Crippen molar-refractivity contribution in [2.45, 2.75) is 25.8 Å². The average Bonchev–Trinajstić information content (AvgIpc) is 2.90. The molecule has 3 aromatic rings. The van der Waals surface area contributed by atoms with Crippen molar-refractivity contribution in [2.24, 2.45) is 0 Å². The van der Waals surface area contributed by atoms with E-state index in [-0.39, 0.29) is 11.9 Å². The topological polar surface area (TPSA) is 57.2 Å². The Morgan fingerprint density at radius 2 is 1.59 bits per heavy atom. The van der Waals surface area contributed by atoms with Gasteiger partial charge in [0, 0.05) is 6.54 Å². The van der Waals surface area contributed by atoms with Crippen molar-refractivity contribution in [3.05, 3.63) is 82.9 Å². The molecule has 0 spiro atoms. The number of hydrogen-bond donors (Lipinski definition) is 0. The first-order valence-electron chi connectivity index (χ1n) is 11.5. The molecule has 0 radical (unpaired) electrons. The average molecular weight is 462 g/mol. The highest BCUT2D eigenvalue weighted by Crippen LogP contribution is 2.39. The summed E-state index contributed by atoms with van der Waals surface area (Å²) in [5, 5.41) is 0. The van der Waals surface area contributed by atoms with Gasteiger partial charge in [-0.25, -0.2) is 0 Å². The van der Waals surface area contributed by atoms with Gasteiger partial charge >= 0.3 is 0 Å². The Hall–Kier alpha value is -3.67. The van der Waals surface area contributed by atoms with Crippen molar-refractivity contribution < 1.29 is 23.7 Å². The van der Waals surface area contributed by atoms with Gasteiger partial charge in [0.15, 0.2) is 11.5 Å². The monoisotopic (exact) mass is 461 g/mol. The van der Waals surface area contributed by atoms with Gasteiger partial charge < -0.3 is 23.8 Å². The maximum Gasteiger partial charge on any atom is 0.258 e. The number of amides is 1. The number of para-hydroxylation sites is 1. The number of aryl methyl sites for hydroxylation is 1. The van der Waals surface area contributed by atoms with E-state index < -0.39 is 0 Å². The third kappa shape index (κ3) is 4.67. The lowest BCUT2D eigenvalue weighted by Crippen LogP contribution is -2.42. The van der Waals surface area contributed by atoms with Crippen molar-refractivity contribution in [3.8, 4) is 23.0 Å². The van der Waals surface area contributed by atoms with Crippen LogP contribution in [0.4, 0.5) is 0 Å². The van der Waals surface area contributed by atoms with E-state index in [1.165, 1.54) is 5.56 Å². The number of nitrogens with zero attached hydrogens (tertiary/aromatic N) is 1. The molecule has 6 nitrogen and oxygen atoms in total. The van der Waals surface area contributed by atoms with Crippen LogP contribution in [0.5, 0.6) is 23.0 Å². The summed E-state index contributed by atoms with van der Waals surface area (Å²) in [6.07, 6.45) is 1.68. The largest absolute Gasteiger partial charge is 0.496 e. The van der Waals surface area contributed by atoms with Crippen molar-refractivity contribution in [2.75, 3.05) is 34.5 Å². The molecule has 178 valence electrons. The summed E-state index contributed by atoms with van der Waals surface area (Å²) in [7, 11) is 4.83. The van der Waals surface area contributed by atoms with Crippen molar-refractivity contribution in [1.29, 1.82) is 0 Å². The van der Waals surface area contributed by atoms with Gasteiger partial charge in [-0.05, 0) is 65.9 Å². The second kappa shape index (κ2) is 10.5. The van der Waals surface area contributed by atoms with Crippen LogP contribution in [0.1, 0.15) is 40.0 Å². The van der Waals surface area contributed by atoms with Gasteiger partial charge in [-0.15, -0.1) is 0 Å². The standard InChI is InChI=1S/C28H31NO5/c1-5-19-10-12-21(13-11-19)34-18-24-23-17-27(33-4)26(32-3)16-20(23)14-15-29(24)28(30)22-8-6-7-9-25(22)31-2/h6-13,16-17,24H,5,14-15,18H2,1-4H3. The van der Waals surface area contributed by atoms with Crippen LogP contribution < -0.4 is 18.9 Å². The lowest BCUT2D eigenvalue weighted by Gasteiger charge is -2.38. The molecule has 1 amide bonds. The molecule has 0 fully saturated rings. The molecule has 0 aliphatic carbocycles. The van der Waals surface area contributed by atoms with Crippen molar-refractivity contribution >= 4 is 5.91 Å². The summed E-state index contributed by atoms with van der Waals surface area (Å²) in [5.74, 6) is 2.55. The Labute approximate surface area is 201 Å². The van der Waals surface area contributed by atoms with E-state index in [0.29, 0.717) is 42.4 Å². The molecule has 6 heteroatoms. The predicted molar refractivity (Wildman–Crippen MR) is 131 cm³/mol. The number of fused-ring (bicyclic) bond motifs is 1. The minimum Gasteiger partial charge on any atom is -0.496 e. The van der Waals surface area contributed by atoms with Gasteiger partial charge in [0.1, 0.15) is 18.1 Å². The van der Waals surface area contributed by atoms with Gasteiger partial charge in [-0.2, -0.15) is 0 Å². The summed E-state index contributed by atoms with van der Waals surface area (Å²) < 4.78 is 22.7. The minimum absolute atomic E-state index is 0.0900. The normalized spacial score (nSPS) is 14.8. The number of rotatable bonds is 8. The molecule has 1 heterocycles. The SMILES string of the molecule is CCc1ccc(OCC2c3cc(OC)c(OC)cc3CCN2C(=O)c2ccccc2OC)cc1. The van der Waals surface area contributed by atoms with Gasteiger partial charge in [-0.3, -0.25) is 4.79 Å². The van der Waals surface area contributed by atoms with Crippen LogP contribution in [0.3, 0.4) is 0 Å². The van der Waals surface area contributed by atoms with E-state index in [4.69, 9.17) is 18.9 Å². The molecule has 0 N–H and O–H groups in total. The molecular weight excluding hydrogens is 430 g/mol. The third-order valence-electron chi connectivity index (χ3n) is 6.34. The number of ether oxygens (including phenoxy) is 4. The summed E-state index contributed by atoms with van der Waals surface area (Å²) in [6, 6.07) is 19.1. The third-order valence-corrected chi connectivity index (χ3v) is 6.34. The van der Waals surface area contributed by atoms with E-state index in [1.54, 1.807) is 33.5 Å². The summed E-state index contributed by atoms with van der Waals surface area (Å²) >= 11 is 0. The fourth-order valence-corrected chi connectivity index (χ4v) is 4.42. The summed E-state index contributed by atoms with van der Waals surface area (Å²) in [4.78, 5) is 15.6. The van der Waals surface area contributed by atoms with Crippen LogP contribution in [-0.4, -0.2) is 45.3 Å². The Morgan fingerprint density at radius 3 is 2.26 bits per heavy atom. The van der Waals surface area contributed by atoms with Crippen LogP contribution in [-0.2, 0) is 12.8 Å². The Morgan fingerprint density at radius 1 is 0.912 bits per heavy atom. The van der Waals surface area contributed by atoms with Crippen LogP contribution in [0.15, 0.2) is 60.7 Å². The molecular formula is C28H31NO5. The zero-order valence-corrected chi connectivity index (χ0v) is 20.2. The Kier molecular flexibility index (Phi) is 7.26. The lowest BCUT2D eigenvalue weighted by molar-refractivity contribution is 0.0586. The number of carbonyl (C=O) groups excluding carboxylic acids is 1. The molecule has 1 unspecified atom stereocenters. The molecule has 1 aliphatic rings. The zero-order chi connectivity index (χ0) is 24.1. The first kappa shape index (κ1) is 23.5. The van der Waals surface area contributed by atoms with Crippen LogP contribution in [0.25, 0.3) is 0 Å². The number of hydrogen-bond acceptors (Lipinski definition) is 5. The highest BCUT2D eigenvalue weighted by Gasteiger charge is 2.34. The van der Waals surface area contributed by atoms with E-state index >= 15 is 0 Å². The molecule has 0 saturated carbocycles. The van der Waals surface area contributed by atoms with Crippen LogP contribution >= 0.6 is 0 Å². The molecule has 3 aromatic carbocycles. The quantitative estimate of drug-likeness (QED) is 0.468. The maximum atomic E-state index is 13.7. The first-order valence-corrected chi connectivity index (χ1v) is 11.5. The van der Waals surface area contributed by atoms with Gasteiger partial charge in [0.2, 0.25) is 0 Å². The lowest BCUT2D eigenvalue weighted by atomic mass is 9.91. The van der Waals surface area contributed by atoms with Crippen molar-refractivity contribution in [1.82, 2.24) is 4.90 Å². The van der Waals surface area contributed by atoms with Gasteiger partial charge in [0.25, 0.3) is 5.91 Å². The highest BCUT2D eigenvalue weighted by atomic mass is 16.5. The van der Waals surface area contributed by atoms with Gasteiger partial charge in [-0.1, -0.05) is 31.2 Å². The smallest absolute Gasteiger partial charge is 0.258 e.